The Morgan fingerprint density at radius 1 is 1.30 bits per heavy atom. The van der Waals surface area contributed by atoms with Crippen LogP contribution in [0.15, 0.2) is 17.4 Å². The first-order chi connectivity index (χ1) is 11.3. The van der Waals surface area contributed by atoms with Crippen LogP contribution in [-0.4, -0.2) is 54.5 Å². The van der Waals surface area contributed by atoms with Crippen molar-refractivity contribution in [1.82, 2.24) is 15.3 Å². The van der Waals surface area contributed by atoms with E-state index in [1.807, 2.05) is 12.3 Å². The van der Waals surface area contributed by atoms with Crippen molar-refractivity contribution in [2.45, 2.75) is 36.9 Å². The summed E-state index contributed by atoms with van der Waals surface area (Å²) in [7, 11) is 0. The molecule has 1 aromatic heterocycles. The molecule has 7 heteroatoms. The zero-order valence-corrected chi connectivity index (χ0v) is 14.3. The molecule has 0 saturated carbocycles. The van der Waals surface area contributed by atoms with Crippen LogP contribution in [0, 0.1) is 5.92 Å². The smallest absolute Gasteiger partial charge is 0.223 e. The van der Waals surface area contributed by atoms with Gasteiger partial charge in [-0.1, -0.05) is 11.8 Å². The minimum Gasteiger partial charge on any atom is -0.381 e. The van der Waals surface area contributed by atoms with Crippen LogP contribution < -0.4 is 10.2 Å². The highest BCUT2D eigenvalue weighted by Gasteiger charge is 2.27. The molecule has 0 aliphatic carbocycles. The third kappa shape index (κ3) is 4.35. The highest BCUT2D eigenvalue weighted by atomic mass is 32.2. The van der Waals surface area contributed by atoms with Crippen LogP contribution in [0.5, 0.6) is 0 Å². The zero-order chi connectivity index (χ0) is 16.1. The van der Waals surface area contributed by atoms with E-state index in [0.29, 0.717) is 6.04 Å². The summed E-state index contributed by atoms with van der Waals surface area (Å²) in [6, 6.07) is 2.24. The van der Waals surface area contributed by atoms with Gasteiger partial charge < -0.3 is 15.0 Å². The molecule has 0 radical (unpaired) electrons. The number of rotatable bonds is 4. The van der Waals surface area contributed by atoms with Gasteiger partial charge in [0.2, 0.25) is 5.91 Å². The lowest BCUT2D eigenvalue weighted by molar-refractivity contribution is -0.126. The van der Waals surface area contributed by atoms with Crippen molar-refractivity contribution >= 4 is 23.5 Å². The number of amides is 1. The van der Waals surface area contributed by atoms with Gasteiger partial charge in [0.15, 0.2) is 5.16 Å². The molecule has 3 heterocycles. The van der Waals surface area contributed by atoms with Gasteiger partial charge in [-0.2, -0.15) is 0 Å². The first-order valence-electron chi connectivity index (χ1n) is 8.26. The van der Waals surface area contributed by atoms with Crippen molar-refractivity contribution in [1.29, 1.82) is 0 Å². The number of carbonyl (C=O) groups is 1. The largest absolute Gasteiger partial charge is 0.381 e. The molecule has 0 atom stereocenters. The average Bonchev–Trinajstić information content (AvgIpc) is 2.63. The normalized spacial score (nSPS) is 20.5. The van der Waals surface area contributed by atoms with Gasteiger partial charge in [0.1, 0.15) is 5.82 Å². The van der Waals surface area contributed by atoms with Crippen molar-refractivity contribution in [2.75, 3.05) is 37.5 Å². The van der Waals surface area contributed by atoms with Crippen molar-refractivity contribution in [3.63, 3.8) is 0 Å². The van der Waals surface area contributed by atoms with Gasteiger partial charge in [-0.3, -0.25) is 4.79 Å². The fraction of sp³-hybridized carbons (Fsp3) is 0.688. The Bertz CT molecular complexity index is 529. The van der Waals surface area contributed by atoms with Crippen molar-refractivity contribution in [3.05, 3.63) is 12.3 Å². The molecule has 6 nitrogen and oxygen atoms in total. The van der Waals surface area contributed by atoms with Crippen LogP contribution in [0.4, 0.5) is 5.82 Å². The molecule has 3 rings (SSSR count). The van der Waals surface area contributed by atoms with E-state index in [0.717, 1.165) is 63.0 Å². The van der Waals surface area contributed by atoms with E-state index in [2.05, 4.69) is 20.2 Å². The minimum atomic E-state index is 0.121. The molecule has 2 fully saturated rings. The number of carbonyl (C=O) groups excluding carboxylic acids is 1. The molecule has 1 N–H and O–H groups in total. The Balaban J connectivity index is 1.50. The Hall–Kier alpha value is -1.34. The van der Waals surface area contributed by atoms with Crippen LogP contribution in [0.1, 0.15) is 25.7 Å². The predicted octanol–water partition coefficient (Wildman–Crippen LogP) is 1.71. The fourth-order valence-electron chi connectivity index (χ4n) is 3.14. The quantitative estimate of drug-likeness (QED) is 0.667. The zero-order valence-electron chi connectivity index (χ0n) is 13.5. The van der Waals surface area contributed by atoms with E-state index in [-0.39, 0.29) is 11.8 Å². The van der Waals surface area contributed by atoms with E-state index in [9.17, 15) is 4.79 Å². The van der Waals surface area contributed by atoms with Crippen molar-refractivity contribution in [3.8, 4) is 0 Å². The SMILES string of the molecule is CSc1nccc(N2CCC(C(=O)NC3CCOCC3)CC2)n1. The van der Waals surface area contributed by atoms with Gasteiger partial charge in [-0.15, -0.1) is 0 Å². The monoisotopic (exact) mass is 336 g/mol. The summed E-state index contributed by atoms with van der Waals surface area (Å²) in [5, 5.41) is 3.99. The maximum absolute atomic E-state index is 12.4. The number of ether oxygens (including phenoxy) is 1. The van der Waals surface area contributed by atoms with E-state index in [1.54, 1.807) is 18.0 Å². The van der Waals surface area contributed by atoms with Gasteiger partial charge in [-0.05, 0) is 38.0 Å². The maximum Gasteiger partial charge on any atom is 0.223 e. The van der Waals surface area contributed by atoms with Gasteiger partial charge in [0.25, 0.3) is 0 Å². The third-order valence-corrected chi connectivity index (χ3v) is 5.12. The molecular formula is C16H24N4O2S. The average molecular weight is 336 g/mol. The Kier molecular flexibility index (Phi) is 5.72. The standard InChI is InChI=1S/C16H24N4O2S/c1-23-16-17-7-2-14(19-16)20-8-3-12(4-9-20)15(21)18-13-5-10-22-11-6-13/h2,7,12-13H,3-6,8-11H2,1H3,(H,18,21). The van der Waals surface area contributed by atoms with Crippen molar-refractivity contribution < 1.29 is 9.53 Å². The lowest BCUT2D eigenvalue weighted by Crippen LogP contribution is -2.45. The highest BCUT2D eigenvalue weighted by molar-refractivity contribution is 7.98. The minimum absolute atomic E-state index is 0.121. The van der Waals surface area contributed by atoms with E-state index in [1.165, 1.54) is 0 Å². The Labute approximate surface area is 141 Å². The number of aromatic nitrogens is 2. The Morgan fingerprint density at radius 2 is 2.04 bits per heavy atom. The van der Waals surface area contributed by atoms with Crippen molar-refractivity contribution in [2.24, 2.45) is 5.92 Å². The highest BCUT2D eigenvalue weighted by Crippen LogP contribution is 2.23. The molecule has 2 aliphatic rings. The number of nitrogens with zero attached hydrogens (tertiary/aromatic N) is 3. The summed E-state index contributed by atoms with van der Waals surface area (Å²) in [6.45, 7) is 3.26. The van der Waals surface area contributed by atoms with Crippen LogP contribution in [0.2, 0.25) is 0 Å². The summed E-state index contributed by atoms with van der Waals surface area (Å²) in [5.74, 6) is 1.30. The molecule has 0 unspecified atom stereocenters. The first kappa shape index (κ1) is 16.5. The summed E-state index contributed by atoms with van der Waals surface area (Å²) in [5.41, 5.74) is 0. The lowest BCUT2D eigenvalue weighted by atomic mass is 9.95. The number of nitrogens with one attached hydrogen (secondary N) is 1. The van der Waals surface area contributed by atoms with Gasteiger partial charge in [0, 0.05) is 44.5 Å². The molecule has 0 aromatic carbocycles. The third-order valence-electron chi connectivity index (χ3n) is 4.56. The Morgan fingerprint density at radius 3 is 2.74 bits per heavy atom. The van der Waals surface area contributed by atoms with Gasteiger partial charge >= 0.3 is 0 Å². The molecule has 2 saturated heterocycles. The number of hydrogen-bond donors (Lipinski definition) is 1. The molecule has 1 amide bonds. The second-order valence-corrected chi connectivity index (χ2v) is 6.83. The second kappa shape index (κ2) is 7.97. The summed E-state index contributed by atoms with van der Waals surface area (Å²) < 4.78 is 5.34. The number of hydrogen-bond acceptors (Lipinski definition) is 6. The predicted molar refractivity (Wildman–Crippen MR) is 90.7 cm³/mol. The number of anilines is 1. The summed E-state index contributed by atoms with van der Waals surface area (Å²) in [6.07, 6.45) is 7.41. The molecule has 126 valence electrons. The van der Waals surface area contributed by atoms with Crippen LogP contribution >= 0.6 is 11.8 Å². The van der Waals surface area contributed by atoms with E-state index >= 15 is 0 Å². The summed E-state index contributed by atoms with van der Waals surface area (Å²) >= 11 is 1.55. The number of piperidine rings is 1. The van der Waals surface area contributed by atoms with Crippen LogP contribution in [0.3, 0.4) is 0 Å². The summed E-state index contributed by atoms with van der Waals surface area (Å²) in [4.78, 5) is 23.4. The molecule has 23 heavy (non-hydrogen) atoms. The van der Waals surface area contributed by atoms with Gasteiger partial charge in [-0.25, -0.2) is 9.97 Å². The van der Waals surface area contributed by atoms with E-state index < -0.39 is 0 Å². The topological polar surface area (TPSA) is 67.4 Å². The lowest BCUT2D eigenvalue weighted by Gasteiger charge is -2.33. The second-order valence-electron chi connectivity index (χ2n) is 6.06. The van der Waals surface area contributed by atoms with Crippen LogP contribution in [-0.2, 0) is 9.53 Å². The molecule has 0 spiro atoms. The first-order valence-corrected chi connectivity index (χ1v) is 9.49. The fourth-order valence-corrected chi connectivity index (χ4v) is 3.49. The number of thioether (sulfide) groups is 1. The maximum atomic E-state index is 12.4. The molecule has 0 bridgehead atoms. The molecule has 2 aliphatic heterocycles. The molecular weight excluding hydrogens is 312 g/mol. The van der Waals surface area contributed by atoms with E-state index in [4.69, 9.17) is 4.74 Å². The van der Waals surface area contributed by atoms with Gasteiger partial charge in [0.05, 0.1) is 0 Å². The molecule has 1 aromatic rings. The van der Waals surface area contributed by atoms with Crippen LogP contribution in [0.25, 0.3) is 0 Å².